The van der Waals surface area contributed by atoms with Crippen molar-refractivity contribution in [2.75, 3.05) is 40.4 Å². The number of nitrogens with zero attached hydrogens (tertiary/aromatic N) is 2. The summed E-state index contributed by atoms with van der Waals surface area (Å²) in [7, 11) is 3.25. The Morgan fingerprint density at radius 3 is 2.09 bits per heavy atom. The predicted molar refractivity (Wildman–Crippen MR) is 129 cm³/mol. The van der Waals surface area contributed by atoms with E-state index in [0.29, 0.717) is 31.5 Å². The SMILES string of the molecule is CC(C)C.CC(C)N1CC2(CCN(C(=O)NCC=O)CC2)C1c1ccc(O)cc1.COC. The zero-order valence-corrected chi connectivity index (χ0v) is 20.9. The Morgan fingerprint density at radius 1 is 1.16 bits per heavy atom. The highest BCUT2D eigenvalue weighted by atomic mass is 16.4. The van der Waals surface area contributed by atoms with E-state index < -0.39 is 0 Å². The molecule has 2 heterocycles. The first-order chi connectivity index (χ1) is 15.1. The van der Waals surface area contributed by atoms with E-state index in [2.05, 4.69) is 49.6 Å². The van der Waals surface area contributed by atoms with Gasteiger partial charge in [0, 0.05) is 51.4 Å². The summed E-state index contributed by atoms with van der Waals surface area (Å²) >= 11 is 0. The van der Waals surface area contributed by atoms with Gasteiger partial charge in [0.25, 0.3) is 0 Å². The van der Waals surface area contributed by atoms with Crippen molar-refractivity contribution >= 4 is 12.3 Å². The van der Waals surface area contributed by atoms with Gasteiger partial charge in [0.15, 0.2) is 0 Å². The molecule has 182 valence electrons. The van der Waals surface area contributed by atoms with Gasteiger partial charge < -0.3 is 24.9 Å². The Balaban J connectivity index is 0.000000645. The lowest BCUT2D eigenvalue weighted by molar-refractivity contribution is -0.123. The minimum Gasteiger partial charge on any atom is -0.508 e. The molecule has 3 rings (SSSR count). The van der Waals surface area contributed by atoms with Crippen molar-refractivity contribution in [1.82, 2.24) is 15.1 Å². The number of amides is 2. The van der Waals surface area contributed by atoms with E-state index in [4.69, 9.17) is 0 Å². The van der Waals surface area contributed by atoms with Crippen LogP contribution < -0.4 is 5.32 Å². The number of urea groups is 1. The molecule has 0 bridgehead atoms. The Morgan fingerprint density at radius 2 is 1.66 bits per heavy atom. The van der Waals surface area contributed by atoms with Gasteiger partial charge in [0.1, 0.15) is 12.0 Å². The Kier molecular flexibility index (Phi) is 11.7. The van der Waals surface area contributed by atoms with Gasteiger partial charge in [-0.3, -0.25) is 4.90 Å². The van der Waals surface area contributed by atoms with E-state index in [0.717, 1.165) is 25.3 Å². The molecule has 2 saturated heterocycles. The average Bonchev–Trinajstić information content (AvgIpc) is 2.72. The number of benzene rings is 1. The third-order valence-corrected chi connectivity index (χ3v) is 5.66. The summed E-state index contributed by atoms with van der Waals surface area (Å²) in [5, 5.41) is 12.2. The van der Waals surface area contributed by atoms with Crippen molar-refractivity contribution in [2.24, 2.45) is 11.3 Å². The lowest BCUT2D eigenvalue weighted by Crippen LogP contribution is -2.64. The largest absolute Gasteiger partial charge is 0.508 e. The summed E-state index contributed by atoms with van der Waals surface area (Å²) in [6.45, 7) is 13.5. The second-order valence-electron chi connectivity index (χ2n) is 9.60. The minimum absolute atomic E-state index is 0.0672. The van der Waals surface area contributed by atoms with Crippen LogP contribution in [-0.4, -0.2) is 73.7 Å². The summed E-state index contributed by atoms with van der Waals surface area (Å²) in [5.74, 6) is 1.12. The van der Waals surface area contributed by atoms with E-state index in [1.54, 1.807) is 31.3 Å². The number of phenols is 1. The van der Waals surface area contributed by atoms with Gasteiger partial charge in [-0.15, -0.1) is 0 Å². The molecule has 0 aliphatic carbocycles. The molecule has 0 aromatic heterocycles. The molecular formula is C25H43N3O4. The molecule has 1 aromatic carbocycles. The normalized spacial score (nSPS) is 19.4. The Bertz CT molecular complexity index is 680. The van der Waals surface area contributed by atoms with E-state index in [9.17, 15) is 14.7 Å². The second kappa shape index (κ2) is 13.4. The van der Waals surface area contributed by atoms with Crippen LogP contribution in [-0.2, 0) is 9.53 Å². The molecule has 1 spiro atoms. The second-order valence-corrected chi connectivity index (χ2v) is 9.60. The van der Waals surface area contributed by atoms with Gasteiger partial charge in [-0.25, -0.2) is 4.79 Å². The average molecular weight is 450 g/mol. The molecule has 0 saturated carbocycles. The summed E-state index contributed by atoms with van der Waals surface area (Å²) in [6, 6.07) is 8.16. The van der Waals surface area contributed by atoms with Gasteiger partial charge >= 0.3 is 6.03 Å². The van der Waals surface area contributed by atoms with Crippen LogP contribution in [0.25, 0.3) is 0 Å². The number of hydrogen-bond acceptors (Lipinski definition) is 5. The predicted octanol–water partition coefficient (Wildman–Crippen LogP) is 4.07. The molecule has 1 atom stereocenters. The maximum absolute atomic E-state index is 12.1. The van der Waals surface area contributed by atoms with Crippen LogP contribution in [0.5, 0.6) is 5.75 Å². The summed E-state index contributed by atoms with van der Waals surface area (Å²) in [4.78, 5) is 26.8. The Labute approximate surface area is 194 Å². The number of rotatable bonds is 4. The summed E-state index contributed by atoms with van der Waals surface area (Å²) < 4.78 is 4.25. The van der Waals surface area contributed by atoms with Gasteiger partial charge in [-0.1, -0.05) is 32.9 Å². The van der Waals surface area contributed by atoms with Gasteiger partial charge in [0.05, 0.1) is 6.54 Å². The fourth-order valence-electron chi connectivity index (χ4n) is 4.29. The quantitative estimate of drug-likeness (QED) is 0.677. The molecule has 1 unspecified atom stereocenters. The van der Waals surface area contributed by atoms with Crippen molar-refractivity contribution in [3.8, 4) is 5.75 Å². The van der Waals surface area contributed by atoms with Gasteiger partial charge in [-0.05, 0) is 50.3 Å². The van der Waals surface area contributed by atoms with Crippen molar-refractivity contribution in [2.45, 2.75) is 59.5 Å². The fourth-order valence-corrected chi connectivity index (χ4v) is 4.29. The lowest BCUT2D eigenvalue weighted by Gasteiger charge is -2.62. The smallest absolute Gasteiger partial charge is 0.317 e. The zero-order valence-electron chi connectivity index (χ0n) is 20.9. The van der Waals surface area contributed by atoms with Crippen LogP contribution in [0.15, 0.2) is 24.3 Å². The van der Waals surface area contributed by atoms with Crippen LogP contribution in [0.4, 0.5) is 4.79 Å². The maximum atomic E-state index is 12.1. The van der Waals surface area contributed by atoms with Crippen LogP contribution in [0.3, 0.4) is 0 Å². The van der Waals surface area contributed by atoms with Crippen LogP contribution >= 0.6 is 0 Å². The standard InChI is InChI=1S/C19H27N3O3.C4H10.C2H6O/c1-14(2)22-13-19(17(22)15-3-5-16(24)6-4-15)7-10-21(11-8-19)18(25)20-9-12-23;1-4(2)3;1-3-2/h3-6,12,14,17,24H,7-11,13H2,1-2H3,(H,20,25);4H,1-3H3;1-2H3. The van der Waals surface area contributed by atoms with E-state index in [1.165, 1.54) is 5.56 Å². The van der Waals surface area contributed by atoms with Crippen LogP contribution in [0.1, 0.15) is 59.1 Å². The first kappa shape index (κ1) is 27.9. The third kappa shape index (κ3) is 7.78. The van der Waals surface area contributed by atoms with E-state index in [1.807, 2.05) is 12.1 Å². The topological polar surface area (TPSA) is 82.1 Å². The molecule has 2 aliphatic heterocycles. The van der Waals surface area contributed by atoms with Crippen molar-refractivity contribution in [1.29, 1.82) is 0 Å². The van der Waals surface area contributed by atoms with Crippen LogP contribution in [0, 0.1) is 11.3 Å². The molecule has 7 heteroatoms. The van der Waals surface area contributed by atoms with Gasteiger partial charge in [-0.2, -0.15) is 0 Å². The molecule has 2 aliphatic rings. The summed E-state index contributed by atoms with van der Waals surface area (Å²) in [6.07, 6.45) is 2.61. The molecule has 2 N–H and O–H groups in total. The van der Waals surface area contributed by atoms with E-state index in [-0.39, 0.29) is 23.7 Å². The van der Waals surface area contributed by atoms with Gasteiger partial charge in [0.2, 0.25) is 0 Å². The van der Waals surface area contributed by atoms with Crippen molar-refractivity contribution in [3.63, 3.8) is 0 Å². The number of carbonyl (C=O) groups is 2. The number of carbonyl (C=O) groups excluding carboxylic acids is 2. The molecule has 2 fully saturated rings. The zero-order chi connectivity index (χ0) is 24.3. The number of phenolic OH excluding ortho intramolecular Hbond substituents is 1. The van der Waals surface area contributed by atoms with Crippen molar-refractivity contribution in [3.05, 3.63) is 29.8 Å². The van der Waals surface area contributed by atoms with Crippen molar-refractivity contribution < 1.29 is 19.4 Å². The molecular weight excluding hydrogens is 406 g/mol. The third-order valence-electron chi connectivity index (χ3n) is 5.66. The first-order valence-electron chi connectivity index (χ1n) is 11.5. The number of ether oxygens (including phenoxy) is 1. The molecule has 7 nitrogen and oxygen atoms in total. The first-order valence-corrected chi connectivity index (χ1v) is 11.5. The lowest BCUT2D eigenvalue weighted by atomic mass is 9.62. The molecule has 2 amide bonds. The fraction of sp³-hybridized carbons (Fsp3) is 0.680. The monoisotopic (exact) mass is 449 g/mol. The molecule has 1 aromatic rings. The number of hydrogen-bond donors (Lipinski definition) is 2. The van der Waals surface area contributed by atoms with Crippen LogP contribution in [0.2, 0.25) is 0 Å². The number of aldehydes is 1. The number of likely N-dealkylation sites (tertiary alicyclic amines) is 2. The maximum Gasteiger partial charge on any atom is 0.317 e. The highest BCUT2D eigenvalue weighted by Gasteiger charge is 2.54. The Hall–Kier alpha value is -2.12. The number of aromatic hydroxyl groups is 1. The molecule has 32 heavy (non-hydrogen) atoms. The summed E-state index contributed by atoms with van der Waals surface area (Å²) in [5.41, 5.74) is 1.42. The number of methoxy groups -OCH3 is 1. The highest BCUT2D eigenvalue weighted by Crippen LogP contribution is 2.55. The minimum atomic E-state index is -0.150. The van der Waals surface area contributed by atoms with E-state index >= 15 is 0 Å². The number of nitrogens with one attached hydrogen (secondary N) is 1. The molecule has 0 radical (unpaired) electrons. The highest BCUT2D eigenvalue weighted by molar-refractivity contribution is 5.76. The number of piperidine rings is 1.